The van der Waals surface area contributed by atoms with Crippen LogP contribution in [0.4, 0.5) is 9.18 Å². The molecule has 2 atom stereocenters. The predicted octanol–water partition coefficient (Wildman–Crippen LogP) is 3.53. The number of aliphatic hydroxyl groups is 1. The van der Waals surface area contributed by atoms with E-state index in [1.165, 1.54) is 4.90 Å². The van der Waals surface area contributed by atoms with Gasteiger partial charge < -0.3 is 20.1 Å². The molecule has 1 fully saturated rings. The summed E-state index contributed by atoms with van der Waals surface area (Å²) in [4.78, 5) is 13.6. The Labute approximate surface area is 162 Å². The standard InChI is InChI=1S/C20H22ClFN2O3/c21-18-7-3-4-8-19(18)27-13-15-6-2-1-5-14(15)10-23-20(26)24-11-16(22)9-17(25)12-24/h1-8,16-17,25H,9-13H2,(H,23,26)/t16-,17-/m1/s1. The zero-order valence-electron chi connectivity index (χ0n) is 14.8. The second-order valence-electron chi connectivity index (χ2n) is 6.54. The van der Waals surface area contributed by atoms with Gasteiger partial charge in [-0.15, -0.1) is 0 Å². The number of carbonyl (C=O) groups excluding carboxylic acids is 1. The highest BCUT2D eigenvalue weighted by Gasteiger charge is 2.28. The number of halogens is 2. The fourth-order valence-corrected chi connectivity index (χ4v) is 3.24. The van der Waals surface area contributed by atoms with Gasteiger partial charge in [-0.1, -0.05) is 48.0 Å². The lowest BCUT2D eigenvalue weighted by Crippen LogP contribution is -2.50. The number of rotatable bonds is 5. The molecule has 1 aliphatic heterocycles. The summed E-state index contributed by atoms with van der Waals surface area (Å²) in [5.41, 5.74) is 1.81. The normalized spacial score (nSPS) is 19.6. The van der Waals surface area contributed by atoms with E-state index in [-0.39, 0.29) is 26.1 Å². The number of para-hydroxylation sites is 1. The molecule has 1 saturated heterocycles. The Morgan fingerprint density at radius 1 is 1.19 bits per heavy atom. The zero-order chi connectivity index (χ0) is 19.2. The predicted molar refractivity (Wildman–Crippen MR) is 102 cm³/mol. The van der Waals surface area contributed by atoms with E-state index in [1.807, 2.05) is 36.4 Å². The Morgan fingerprint density at radius 3 is 2.63 bits per heavy atom. The van der Waals surface area contributed by atoms with Crippen LogP contribution in [0.25, 0.3) is 0 Å². The second-order valence-corrected chi connectivity index (χ2v) is 6.95. The summed E-state index contributed by atoms with van der Waals surface area (Å²) in [7, 11) is 0. The number of β-amino-alcohol motifs (C(OH)–C–C–N with tert-alkyl or cyclic N) is 1. The van der Waals surface area contributed by atoms with Gasteiger partial charge in [0, 0.05) is 19.5 Å². The Kier molecular flexibility index (Phi) is 6.53. The van der Waals surface area contributed by atoms with Crippen molar-refractivity contribution in [2.75, 3.05) is 13.1 Å². The first-order valence-electron chi connectivity index (χ1n) is 8.82. The van der Waals surface area contributed by atoms with Gasteiger partial charge in [0.05, 0.1) is 17.7 Å². The van der Waals surface area contributed by atoms with Crippen LogP contribution in [0, 0.1) is 0 Å². The molecule has 0 bridgehead atoms. The number of carbonyl (C=O) groups is 1. The van der Waals surface area contributed by atoms with Crippen LogP contribution >= 0.6 is 11.6 Å². The maximum atomic E-state index is 13.6. The molecule has 0 unspecified atom stereocenters. The lowest BCUT2D eigenvalue weighted by molar-refractivity contribution is 0.0419. The van der Waals surface area contributed by atoms with Gasteiger partial charge in [0.1, 0.15) is 18.5 Å². The number of piperidine rings is 1. The molecule has 1 aliphatic rings. The molecule has 2 aromatic rings. The minimum Gasteiger partial charge on any atom is -0.487 e. The van der Waals surface area contributed by atoms with Crippen LogP contribution in [-0.2, 0) is 13.2 Å². The van der Waals surface area contributed by atoms with E-state index < -0.39 is 18.3 Å². The number of likely N-dealkylation sites (tertiary alicyclic amines) is 1. The number of alkyl halides is 1. The number of aliphatic hydroxyl groups excluding tert-OH is 1. The van der Waals surface area contributed by atoms with E-state index in [4.69, 9.17) is 16.3 Å². The fraction of sp³-hybridized carbons (Fsp3) is 0.350. The van der Waals surface area contributed by atoms with E-state index in [0.717, 1.165) is 11.1 Å². The van der Waals surface area contributed by atoms with Gasteiger partial charge in [0.2, 0.25) is 0 Å². The SMILES string of the molecule is O=C(NCc1ccccc1COc1ccccc1Cl)N1C[C@H](O)C[C@@H](F)C1. The third kappa shape index (κ3) is 5.34. The maximum Gasteiger partial charge on any atom is 0.317 e. The molecule has 27 heavy (non-hydrogen) atoms. The van der Waals surface area contributed by atoms with E-state index in [0.29, 0.717) is 17.4 Å². The number of nitrogens with zero attached hydrogens (tertiary/aromatic N) is 1. The molecule has 2 N–H and O–H groups in total. The van der Waals surface area contributed by atoms with Crippen molar-refractivity contribution in [2.45, 2.75) is 31.8 Å². The molecule has 5 nitrogen and oxygen atoms in total. The number of nitrogens with one attached hydrogen (secondary N) is 1. The topological polar surface area (TPSA) is 61.8 Å². The average molecular weight is 393 g/mol. The summed E-state index contributed by atoms with van der Waals surface area (Å²) in [6.45, 7) is 0.735. The minimum absolute atomic E-state index is 0.000156. The van der Waals surface area contributed by atoms with E-state index in [9.17, 15) is 14.3 Å². The third-order valence-corrected chi connectivity index (χ3v) is 4.75. The van der Waals surface area contributed by atoms with Gasteiger partial charge in [-0.25, -0.2) is 9.18 Å². The van der Waals surface area contributed by atoms with Crippen LogP contribution < -0.4 is 10.1 Å². The largest absolute Gasteiger partial charge is 0.487 e. The first-order chi connectivity index (χ1) is 13.0. The number of amides is 2. The lowest BCUT2D eigenvalue weighted by Gasteiger charge is -2.32. The maximum absolute atomic E-state index is 13.6. The van der Waals surface area contributed by atoms with Crippen LogP contribution in [0.2, 0.25) is 5.02 Å². The van der Waals surface area contributed by atoms with Crippen molar-refractivity contribution in [3.05, 3.63) is 64.7 Å². The Balaban J connectivity index is 1.59. The molecule has 0 spiro atoms. The summed E-state index contributed by atoms with van der Waals surface area (Å²) in [6, 6.07) is 14.4. The summed E-state index contributed by atoms with van der Waals surface area (Å²) in [6.07, 6.45) is -1.95. The van der Waals surface area contributed by atoms with Crippen LogP contribution in [0.3, 0.4) is 0 Å². The third-order valence-electron chi connectivity index (χ3n) is 4.43. The van der Waals surface area contributed by atoms with Crippen molar-refractivity contribution >= 4 is 17.6 Å². The first-order valence-corrected chi connectivity index (χ1v) is 9.19. The zero-order valence-corrected chi connectivity index (χ0v) is 15.5. The number of ether oxygens (including phenoxy) is 1. The summed E-state index contributed by atoms with van der Waals surface area (Å²) in [5, 5.41) is 13.0. The Morgan fingerprint density at radius 2 is 1.89 bits per heavy atom. The molecule has 7 heteroatoms. The monoisotopic (exact) mass is 392 g/mol. The summed E-state index contributed by atoms with van der Waals surface area (Å²) < 4.78 is 19.3. The van der Waals surface area contributed by atoms with Gasteiger partial charge in [0.25, 0.3) is 0 Å². The molecular formula is C20H22ClFN2O3. The summed E-state index contributed by atoms with van der Waals surface area (Å²) in [5.74, 6) is 0.592. The van der Waals surface area contributed by atoms with Crippen molar-refractivity contribution in [1.82, 2.24) is 10.2 Å². The highest BCUT2D eigenvalue weighted by atomic mass is 35.5. The van der Waals surface area contributed by atoms with Gasteiger partial charge in [0.15, 0.2) is 0 Å². The molecular weight excluding hydrogens is 371 g/mol. The van der Waals surface area contributed by atoms with E-state index >= 15 is 0 Å². The molecule has 0 radical (unpaired) electrons. The summed E-state index contributed by atoms with van der Waals surface area (Å²) >= 11 is 6.10. The number of urea groups is 1. The van der Waals surface area contributed by atoms with Gasteiger partial charge in [-0.05, 0) is 23.3 Å². The number of benzene rings is 2. The molecule has 2 aromatic carbocycles. The highest BCUT2D eigenvalue weighted by molar-refractivity contribution is 6.32. The highest BCUT2D eigenvalue weighted by Crippen LogP contribution is 2.24. The molecule has 3 rings (SSSR count). The van der Waals surface area contributed by atoms with Crippen molar-refractivity contribution < 1.29 is 19.0 Å². The fourth-order valence-electron chi connectivity index (χ4n) is 3.05. The van der Waals surface area contributed by atoms with Crippen molar-refractivity contribution in [3.63, 3.8) is 0 Å². The number of hydrogen-bond donors (Lipinski definition) is 2. The van der Waals surface area contributed by atoms with Crippen molar-refractivity contribution in [2.24, 2.45) is 0 Å². The van der Waals surface area contributed by atoms with E-state index in [1.54, 1.807) is 12.1 Å². The number of hydrogen-bond acceptors (Lipinski definition) is 3. The quantitative estimate of drug-likeness (QED) is 0.818. The second kappa shape index (κ2) is 9.06. The average Bonchev–Trinajstić information content (AvgIpc) is 2.65. The lowest BCUT2D eigenvalue weighted by atomic mass is 10.1. The molecule has 2 amide bonds. The Hall–Kier alpha value is -2.31. The Bertz CT molecular complexity index is 779. The van der Waals surface area contributed by atoms with Crippen LogP contribution in [-0.4, -0.2) is 41.4 Å². The van der Waals surface area contributed by atoms with Gasteiger partial charge >= 0.3 is 6.03 Å². The van der Waals surface area contributed by atoms with Gasteiger partial charge in [-0.2, -0.15) is 0 Å². The van der Waals surface area contributed by atoms with Crippen molar-refractivity contribution in [1.29, 1.82) is 0 Å². The first kappa shape index (κ1) is 19.5. The molecule has 144 valence electrons. The molecule has 0 saturated carbocycles. The minimum atomic E-state index is -1.20. The molecule has 0 aromatic heterocycles. The van der Waals surface area contributed by atoms with Crippen molar-refractivity contribution in [3.8, 4) is 5.75 Å². The van der Waals surface area contributed by atoms with Crippen LogP contribution in [0.1, 0.15) is 17.5 Å². The van der Waals surface area contributed by atoms with Crippen LogP contribution in [0.15, 0.2) is 48.5 Å². The van der Waals surface area contributed by atoms with Crippen LogP contribution in [0.5, 0.6) is 5.75 Å². The molecule has 1 heterocycles. The smallest absolute Gasteiger partial charge is 0.317 e. The molecule has 0 aliphatic carbocycles. The van der Waals surface area contributed by atoms with Gasteiger partial charge in [-0.3, -0.25) is 0 Å². The van der Waals surface area contributed by atoms with E-state index in [2.05, 4.69) is 5.32 Å².